The van der Waals surface area contributed by atoms with Crippen molar-refractivity contribution >= 4 is 5.70 Å². The van der Waals surface area contributed by atoms with Crippen LogP contribution in [0, 0.1) is 0 Å². The summed E-state index contributed by atoms with van der Waals surface area (Å²) in [5.74, 6) is 0. The Balaban J connectivity index is 0. The second-order valence-electron chi connectivity index (χ2n) is 5.21. The third-order valence-corrected chi connectivity index (χ3v) is 3.24. The second kappa shape index (κ2) is 14.3. The first kappa shape index (κ1) is 24.0. The van der Waals surface area contributed by atoms with Gasteiger partial charge in [0.2, 0.25) is 0 Å². The summed E-state index contributed by atoms with van der Waals surface area (Å²) in [5.41, 5.74) is 11.8. The first-order valence-electron chi connectivity index (χ1n) is 8.51. The lowest BCUT2D eigenvalue weighted by molar-refractivity contribution is 1.14. The molecule has 0 saturated heterocycles. The molecule has 0 atom stereocenters. The molecule has 2 N–H and O–H groups in total. The summed E-state index contributed by atoms with van der Waals surface area (Å²) < 4.78 is 0. The molecule has 0 aliphatic heterocycles. The highest BCUT2D eigenvalue weighted by atomic mass is 14.6. The maximum Gasteiger partial charge on any atom is 0.0314 e. The summed E-state index contributed by atoms with van der Waals surface area (Å²) in [6.45, 7) is 23.5. The maximum atomic E-state index is 5.54. The lowest BCUT2D eigenvalue weighted by Crippen LogP contribution is -1.94. The lowest BCUT2D eigenvalue weighted by atomic mass is 10.0. The number of aryl methyl sites for hydroxylation is 1. The molecular formula is C23H35N. The smallest absolute Gasteiger partial charge is 0.0314 e. The molecule has 0 aliphatic rings. The fourth-order valence-corrected chi connectivity index (χ4v) is 1.67. The molecule has 1 rings (SSSR count). The molecule has 0 heterocycles. The molecule has 132 valence electrons. The fourth-order valence-electron chi connectivity index (χ4n) is 1.67. The van der Waals surface area contributed by atoms with Gasteiger partial charge < -0.3 is 5.73 Å². The van der Waals surface area contributed by atoms with Crippen LogP contribution < -0.4 is 5.73 Å². The van der Waals surface area contributed by atoms with E-state index in [-0.39, 0.29) is 0 Å². The number of hydrogen-bond acceptors (Lipinski definition) is 1. The van der Waals surface area contributed by atoms with Gasteiger partial charge in [0, 0.05) is 5.70 Å². The van der Waals surface area contributed by atoms with Gasteiger partial charge in [-0.25, -0.2) is 0 Å². The highest BCUT2D eigenvalue weighted by molar-refractivity contribution is 5.60. The molecule has 0 aliphatic carbocycles. The van der Waals surface area contributed by atoms with Crippen LogP contribution in [0.25, 0.3) is 5.70 Å². The van der Waals surface area contributed by atoms with Gasteiger partial charge in [-0.05, 0) is 55.5 Å². The van der Waals surface area contributed by atoms with E-state index in [0.717, 1.165) is 23.1 Å². The van der Waals surface area contributed by atoms with Crippen LogP contribution in [0.4, 0.5) is 0 Å². The number of allylic oxidation sites excluding steroid dienone is 6. The van der Waals surface area contributed by atoms with E-state index < -0.39 is 0 Å². The van der Waals surface area contributed by atoms with Crippen LogP contribution in [0.5, 0.6) is 0 Å². The summed E-state index contributed by atoms with van der Waals surface area (Å²) >= 11 is 0. The zero-order valence-corrected chi connectivity index (χ0v) is 16.4. The van der Waals surface area contributed by atoms with Gasteiger partial charge in [0.1, 0.15) is 0 Å². The van der Waals surface area contributed by atoms with Crippen molar-refractivity contribution in [3.8, 4) is 0 Å². The summed E-state index contributed by atoms with van der Waals surface area (Å²) in [5, 5.41) is 0. The highest BCUT2D eigenvalue weighted by Gasteiger charge is 1.94. The Morgan fingerprint density at radius 2 is 1.71 bits per heavy atom. The summed E-state index contributed by atoms with van der Waals surface area (Å²) in [4.78, 5) is 0. The molecule has 0 radical (unpaired) electrons. The van der Waals surface area contributed by atoms with Gasteiger partial charge in [0.05, 0.1) is 0 Å². The van der Waals surface area contributed by atoms with Gasteiger partial charge in [-0.1, -0.05) is 82.5 Å². The molecule has 24 heavy (non-hydrogen) atoms. The van der Waals surface area contributed by atoms with Crippen LogP contribution >= 0.6 is 0 Å². The maximum absolute atomic E-state index is 5.54. The van der Waals surface area contributed by atoms with Crippen molar-refractivity contribution in [1.82, 2.24) is 0 Å². The minimum Gasteiger partial charge on any atom is -0.399 e. The van der Waals surface area contributed by atoms with Gasteiger partial charge in [-0.15, -0.1) is 0 Å². The standard InChI is InChI=1S/C11H16.C10H13N.C2H6/c1-6-7-8-10(4)11(5)9(2)3;1-3-9-5-4-6-10(7-9)8(2)11;1-2/h6-8H,2,5H2,1,3-4H3;4-7H,2-3,11H2,1H3;1-2H3/b7-6-,10-8-;;. The van der Waals surface area contributed by atoms with Crippen molar-refractivity contribution in [2.75, 3.05) is 0 Å². The zero-order valence-electron chi connectivity index (χ0n) is 16.4. The van der Waals surface area contributed by atoms with Gasteiger partial charge >= 0.3 is 0 Å². The monoisotopic (exact) mass is 325 g/mol. The fraction of sp³-hybridized carbons (Fsp3) is 0.304. The van der Waals surface area contributed by atoms with Crippen molar-refractivity contribution in [2.24, 2.45) is 5.73 Å². The molecule has 0 spiro atoms. The molecule has 1 aromatic rings. The Bertz CT molecular complexity index is 586. The van der Waals surface area contributed by atoms with Crippen molar-refractivity contribution in [3.63, 3.8) is 0 Å². The Labute approximate surface area is 150 Å². The van der Waals surface area contributed by atoms with Crippen LogP contribution in [-0.4, -0.2) is 0 Å². The topological polar surface area (TPSA) is 26.0 Å². The summed E-state index contributed by atoms with van der Waals surface area (Å²) in [7, 11) is 0. The van der Waals surface area contributed by atoms with Gasteiger partial charge in [-0.3, -0.25) is 0 Å². The molecular weight excluding hydrogens is 290 g/mol. The van der Waals surface area contributed by atoms with E-state index in [9.17, 15) is 0 Å². The van der Waals surface area contributed by atoms with Crippen LogP contribution in [0.15, 0.2) is 78.9 Å². The van der Waals surface area contributed by atoms with E-state index >= 15 is 0 Å². The van der Waals surface area contributed by atoms with Crippen molar-refractivity contribution in [2.45, 2.75) is 48.0 Å². The van der Waals surface area contributed by atoms with Gasteiger partial charge in [0.15, 0.2) is 0 Å². The molecule has 1 aromatic carbocycles. The van der Waals surface area contributed by atoms with E-state index in [1.807, 2.05) is 65.0 Å². The Morgan fingerprint density at radius 3 is 2.12 bits per heavy atom. The molecule has 1 nitrogen and oxygen atoms in total. The molecule has 0 bridgehead atoms. The Hall–Kier alpha value is -2.28. The first-order chi connectivity index (χ1) is 11.3. The highest BCUT2D eigenvalue weighted by Crippen LogP contribution is 2.14. The molecule has 0 aromatic heterocycles. The summed E-state index contributed by atoms with van der Waals surface area (Å²) in [6, 6.07) is 8.14. The molecule has 0 saturated carbocycles. The van der Waals surface area contributed by atoms with E-state index in [4.69, 9.17) is 5.73 Å². The van der Waals surface area contributed by atoms with E-state index in [1.54, 1.807) is 0 Å². The van der Waals surface area contributed by atoms with E-state index in [1.165, 1.54) is 11.1 Å². The van der Waals surface area contributed by atoms with Gasteiger partial charge in [-0.2, -0.15) is 0 Å². The average molecular weight is 326 g/mol. The third-order valence-electron chi connectivity index (χ3n) is 3.24. The molecule has 0 fully saturated rings. The van der Waals surface area contributed by atoms with Gasteiger partial charge in [0.25, 0.3) is 0 Å². The summed E-state index contributed by atoms with van der Waals surface area (Å²) in [6.07, 6.45) is 7.08. The SMILES string of the molecule is C=C(C)C(=C)/C(C)=C\C=C/C.C=C(N)c1cccc(CC)c1.CC. The van der Waals surface area contributed by atoms with Crippen LogP contribution in [0.2, 0.25) is 0 Å². The van der Waals surface area contributed by atoms with Crippen LogP contribution in [0.1, 0.15) is 52.7 Å². The number of hydrogen-bond donors (Lipinski definition) is 1. The van der Waals surface area contributed by atoms with Crippen molar-refractivity contribution in [3.05, 3.63) is 90.1 Å². The Morgan fingerprint density at radius 1 is 1.12 bits per heavy atom. The largest absolute Gasteiger partial charge is 0.399 e. The predicted octanol–water partition coefficient (Wildman–Crippen LogP) is 6.85. The molecule has 0 unspecified atom stereocenters. The zero-order chi connectivity index (χ0) is 19.1. The van der Waals surface area contributed by atoms with E-state index in [2.05, 4.69) is 38.8 Å². The van der Waals surface area contributed by atoms with Crippen LogP contribution in [-0.2, 0) is 6.42 Å². The molecule has 1 heteroatoms. The minimum atomic E-state index is 0.639. The number of benzene rings is 1. The average Bonchev–Trinajstić information content (AvgIpc) is 2.61. The Kier molecular flexibility index (Phi) is 14.3. The van der Waals surface area contributed by atoms with Crippen molar-refractivity contribution < 1.29 is 0 Å². The number of rotatable bonds is 5. The predicted molar refractivity (Wildman–Crippen MR) is 113 cm³/mol. The molecule has 0 amide bonds. The minimum absolute atomic E-state index is 0.639. The first-order valence-corrected chi connectivity index (χ1v) is 8.51. The van der Waals surface area contributed by atoms with Crippen LogP contribution in [0.3, 0.4) is 0 Å². The second-order valence-corrected chi connectivity index (χ2v) is 5.21. The normalized spacial score (nSPS) is 10.2. The van der Waals surface area contributed by atoms with Crippen molar-refractivity contribution in [1.29, 1.82) is 0 Å². The van der Waals surface area contributed by atoms with E-state index in [0.29, 0.717) is 5.70 Å². The lowest BCUT2D eigenvalue weighted by Gasteiger charge is -2.02. The number of nitrogens with two attached hydrogens (primary N) is 1. The quantitative estimate of drug-likeness (QED) is 0.589. The third kappa shape index (κ3) is 10.4.